The Morgan fingerprint density at radius 3 is 2.55 bits per heavy atom. The number of cyclic esters (lactones) is 1. The van der Waals surface area contributed by atoms with Crippen molar-refractivity contribution in [1.82, 2.24) is 36.1 Å². The second kappa shape index (κ2) is 17.9. The third-order valence-corrected chi connectivity index (χ3v) is 12.6. The van der Waals surface area contributed by atoms with Crippen LogP contribution in [0.25, 0.3) is 22.3 Å². The summed E-state index contributed by atoms with van der Waals surface area (Å²) >= 11 is 0. The van der Waals surface area contributed by atoms with Crippen LogP contribution in [0.2, 0.25) is 0 Å². The number of nitrogens with zero attached hydrogens (tertiary/aromatic N) is 2. The molecule has 8 N–H and O–H groups in total. The molecule has 336 valence electrons. The molecular weight excluding hydrogens is 832 g/mol. The lowest BCUT2D eigenvalue weighted by Crippen LogP contribution is -2.52. The highest BCUT2D eigenvalue weighted by atomic mass is 19.1. The first-order valence-corrected chi connectivity index (χ1v) is 21.3. The molecule has 2 aromatic heterocycles. The molecule has 0 spiro atoms. The van der Waals surface area contributed by atoms with Crippen molar-refractivity contribution in [2.75, 3.05) is 33.0 Å². The lowest BCUT2D eigenvalue weighted by Gasteiger charge is -2.31. The van der Waals surface area contributed by atoms with Crippen LogP contribution < -0.4 is 37.9 Å². The van der Waals surface area contributed by atoms with Gasteiger partial charge >= 0.3 is 5.97 Å². The zero-order valence-electron chi connectivity index (χ0n) is 35.3. The van der Waals surface area contributed by atoms with Gasteiger partial charge in [0.2, 0.25) is 29.5 Å². The average molecular weight is 881 g/mol. The molecule has 4 aromatic rings. The first-order valence-electron chi connectivity index (χ1n) is 21.3. The number of rotatable bonds is 16. The first kappa shape index (κ1) is 44.1. The topological polar surface area (TPSA) is 262 Å². The highest BCUT2D eigenvalue weighted by Crippen LogP contribution is 2.47. The zero-order chi connectivity index (χ0) is 45.4. The van der Waals surface area contributed by atoms with E-state index in [1.54, 1.807) is 44.2 Å². The van der Waals surface area contributed by atoms with Gasteiger partial charge < -0.3 is 51.5 Å². The van der Waals surface area contributed by atoms with Gasteiger partial charge in [-0.1, -0.05) is 37.3 Å². The summed E-state index contributed by atoms with van der Waals surface area (Å²) in [6.45, 7) is 2.10. The van der Waals surface area contributed by atoms with E-state index in [0.717, 1.165) is 22.1 Å². The number of ether oxygens (including phenoxy) is 2. The number of hydrogen-bond acceptors (Lipinski definition) is 12. The van der Waals surface area contributed by atoms with Crippen LogP contribution in [0.4, 0.5) is 4.39 Å². The molecule has 5 atom stereocenters. The molecule has 1 fully saturated rings. The number of nitrogens with two attached hydrogens (primary N) is 1. The Morgan fingerprint density at radius 1 is 1.03 bits per heavy atom. The lowest BCUT2D eigenvalue weighted by atomic mass is 9.81. The van der Waals surface area contributed by atoms with Crippen molar-refractivity contribution in [1.29, 1.82) is 0 Å². The molecule has 5 amide bonds. The van der Waals surface area contributed by atoms with E-state index < -0.39 is 65.2 Å². The summed E-state index contributed by atoms with van der Waals surface area (Å²) in [5.74, 6) is -4.25. The van der Waals surface area contributed by atoms with Gasteiger partial charge in [-0.15, -0.1) is 0 Å². The molecule has 0 unspecified atom stereocenters. The normalized spacial score (nSPS) is 20.5. The number of fused-ring (bicyclic) bond motifs is 5. The van der Waals surface area contributed by atoms with Gasteiger partial charge in [0.1, 0.15) is 25.2 Å². The van der Waals surface area contributed by atoms with Crippen LogP contribution >= 0.6 is 0 Å². The van der Waals surface area contributed by atoms with Crippen molar-refractivity contribution in [3.8, 4) is 11.4 Å². The van der Waals surface area contributed by atoms with E-state index in [-0.39, 0.29) is 81.3 Å². The van der Waals surface area contributed by atoms with E-state index in [4.69, 9.17) is 20.2 Å². The molecule has 2 aliphatic heterocycles. The fourth-order valence-corrected chi connectivity index (χ4v) is 8.98. The van der Waals surface area contributed by atoms with Gasteiger partial charge in [0.05, 0.1) is 61.3 Å². The van der Waals surface area contributed by atoms with Gasteiger partial charge in [-0.25, -0.2) is 14.2 Å². The Morgan fingerprint density at radius 2 is 1.80 bits per heavy atom. The molecule has 2 aliphatic carbocycles. The molecule has 64 heavy (non-hydrogen) atoms. The Labute approximate surface area is 365 Å². The third kappa shape index (κ3) is 8.45. The largest absolute Gasteiger partial charge is 0.458 e. The number of aliphatic hydroxyl groups is 1. The van der Waals surface area contributed by atoms with Crippen LogP contribution in [0, 0.1) is 24.6 Å². The molecule has 0 saturated heterocycles. The maximum absolute atomic E-state index is 15.3. The van der Waals surface area contributed by atoms with Gasteiger partial charge in [0.15, 0.2) is 5.60 Å². The predicted molar refractivity (Wildman–Crippen MR) is 226 cm³/mol. The van der Waals surface area contributed by atoms with Crippen molar-refractivity contribution in [3.05, 3.63) is 97.6 Å². The van der Waals surface area contributed by atoms with Crippen LogP contribution in [0.1, 0.15) is 71.2 Å². The number of carbonyl (C=O) groups is 6. The number of amides is 5. The number of aryl methyl sites for hydroxylation is 1. The van der Waals surface area contributed by atoms with Gasteiger partial charge in [-0.3, -0.25) is 28.8 Å². The lowest BCUT2D eigenvalue weighted by molar-refractivity contribution is -0.172. The molecular formula is C45H49FN8O10. The Hall–Kier alpha value is -6.57. The number of aromatic nitrogens is 2. The zero-order valence-corrected chi connectivity index (χ0v) is 35.3. The van der Waals surface area contributed by atoms with Gasteiger partial charge in [-0.2, -0.15) is 0 Å². The Bertz CT molecular complexity index is 2660. The van der Waals surface area contributed by atoms with Crippen molar-refractivity contribution in [2.45, 2.75) is 76.8 Å². The fraction of sp³-hybridized carbons (Fsp3) is 0.422. The summed E-state index contributed by atoms with van der Waals surface area (Å²) in [6, 6.07) is 10.4. The van der Waals surface area contributed by atoms with Gasteiger partial charge in [0.25, 0.3) is 5.56 Å². The fourth-order valence-electron chi connectivity index (χ4n) is 8.98. The van der Waals surface area contributed by atoms with E-state index in [9.17, 15) is 38.7 Å². The van der Waals surface area contributed by atoms with E-state index in [1.165, 1.54) is 10.6 Å². The van der Waals surface area contributed by atoms with E-state index in [1.807, 2.05) is 6.07 Å². The molecule has 1 saturated carbocycles. The van der Waals surface area contributed by atoms with Crippen LogP contribution in [0.15, 0.2) is 47.3 Å². The molecule has 18 nitrogen and oxygen atoms in total. The number of esters is 1. The van der Waals surface area contributed by atoms with Crippen LogP contribution in [-0.4, -0.2) is 89.2 Å². The highest BCUT2D eigenvalue weighted by molar-refractivity contribution is 5.95. The maximum atomic E-state index is 15.3. The molecule has 4 aliphatic rings. The maximum Gasteiger partial charge on any atom is 0.343 e. The molecule has 4 heterocycles. The number of carbonyl (C=O) groups excluding carboxylic acids is 6. The van der Waals surface area contributed by atoms with Crippen molar-refractivity contribution in [2.24, 2.45) is 17.6 Å². The van der Waals surface area contributed by atoms with Crippen molar-refractivity contribution in [3.63, 3.8) is 0 Å². The number of benzene rings is 2. The van der Waals surface area contributed by atoms with Crippen LogP contribution in [-0.2, 0) is 69.8 Å². The number of nitrogens with one attached hydrogen (secondary N) is 5. The highest BCUT2D eigenvalue weighted by Gasteiger charge is 2.47. The minimum Gasteiger partial charge on any atom is -0.458 e. The Kier molecular flexibility index (Phi) is 12.3. The summed E-state index contributed by atoms with van der Waals surface area (Å²) in [5, 5.41) is 25.3. The summed E-state index contributed by atoms with van der Waals surface area (Å²) in [4.78, 5) is 95.0. The number of hydrogen-bond donors (Lipinski definition) is 7. The van der Waals surface area contributed by atoms with Gasteiger partial charge in [-0.05, 0) is 66.8 Å². The standard InChI is InChI=1S/C45H49FN8O10/c1-3-45(62)29-13-34-40-27(18-54(34)43(60)28(29)20-64-44(45)61)39-31(10-9-25-22(2)30(46)14-32(52-40)38(25)39)53-41(58)26-12-24(26)19-63-21-50-36(56)16-49-42(59)33(11-23-7-5-4-6-8-23)51-37(57)17-48-35(55)15-47/h4-8,13-14,24,26,31,33,62H,3,9-12,15-21,47H2,1-2H3,(H,48,55)(H,49,59)(H,50,56)(H,51,57)(H,53,58)/t24-,26+,31+,33+,45+/m1/s1. The van der Waals surface area contributed by atoms with E-state index in [0.29, 0.717) is 47.3 Å². The summed E-state index contributed by atoms with van der Waals surface area (Å²) in [7, 11) is 0. The SMILES string of the molecule is CC[C@@]1(O)C(=O)OCc2c1cc1n(c2=O)Cc2c-1nc1cc(F)c(C)c3c1c2[C@@H](NC(=O)[C@H]1C[C@@H]1COCNC(=O)CNC(=O)[C@H](Cc1ccccc1)NC(=O)CNC(=O)CN)CC3. The monoisotopic (exact) mass is 880 g/mol. The van der Waals surface area contributed by atoms with Crippen molar-refractivity contribution < 1.29 is 47.7 Å². The Balaban J connectivity index is 0.882. The molecule has 8 rings (SSSR count). The summed E-state index contributed by atoms with van der Waals surface area (Å²) in [5.41, 5.74) is 7.84. The second-order valence-electron chi connectivity index (χ2n) is 16.6. The van der Waals surface area contributed by atoms with Gasteiger partial charge in [0, 0.05) is 34.9 Å². The third-order valence-electron chi connectivity index (χ3n) is 12.6. The van der Waals surface area contributed by atoms with Crippen LogP contribution in [0.3, 0.4) is 0 Å². The van der Waals surface area contributed by atoms with Crippen LogP contribution in [0.5, 0.6) is 0 Å². The molecule has 0 bridgehead atoms. The van der Waals surface area contributed by atoms with Crippen molar-refractivity contribution >= 4 is 46.4 Å². The number of pyridine rings is 2. The molecule has 2 aromatic carbocycles. The second-order valence-corrected chi connectivity index (χ2v) is 16.6. The minimum absolute atomic E-state index is 0.0180. The summed E-state index contributed by atoms with van der Waals surface area (Å²) in [6.07, 6.45) is 1.62. The minimum atomic E-state index is -2.01. The average Bonchev–Trinajstić information content (AvgIpc) is 3.98. The van der Waals surface area contributed by atoms with E-state index >= 15 is 4.39 Å². The van der Waals surface area contributed by atoms with E-state index in [2.05, 4.69) is 26.6 Å². The predicted octanol–water partition coefficient (Wildman–Crippen LogP) is 0.276. The molecule has 0 radical (unpaired) electrons. The molecule has 19 heteroatoms. The summed E-state index contributed by atoms with van der Waals surface area (Å²) < 4.78 is 27.8. The first-order chi connectivity index (χ1) is 30.7. The number of halogens is 1. The smallest absolute Gasteiger partial charge is 0.343 e. The quantitative estimate of drug-likeness (QED) is 0.0401.